The molecular formula is C23H22N4O3S. The van der Waals surface area contributed by atoms with E-state index in [4.69, 9.17) is 0 Å². The van der Waals surface area contributed by atoms with Crippen molar-refractivity contribution >= 4 is 39.0 Å². The van der Waals surface area contributed by atoms with Crippen LogP contribution in [0.4, 0.5) is 15.5 Å². The number of anilines is 1. The van der Waals surface area contributed by atoms with E-state index < -0.39 is 4.92 Å². The first-order valence-corrected chi connectivity index (χ1v) is 10.7. The van der Waals surface area contributed by atoms with Crippen LogP contribution in [0.25, 0.3) is 10.9 Å². The first-order valence-electron chi connectivity index (χ1n) is 9.90. The van der Waals surface area contributed by atoms with E-state index in [1.807, 2.05) is 55.6 Å². The lowest BCUT2D eigenvalue weighted by Gasteiger charge is -2.22. The normalized spacial score (nSPS) is 10.9. The maximum atomic E-state index is 13.0. The second-order valence-electron chi connectivity index (χ2n) is 7.32. The second kappa shape index (κ2) is 9.01. The number of carbonyl (C=O) groups is 1. The van der Waals surface area contributed by atoms with Gasteiger partial charge in [-0.05, 0) is 43.2 Å². The van der Waals surface area contributed by atoms with E-state index in [0.717, 1.165) is 38.2 Å². The van der Waals surface area contributed by atoms with Gasteiger partial charge in [0.25, 0.3) is 0 Å². The number of amides is 2. The Balaban J connectivity index is 1.52. The highest BCUT2D eigenvalue weighted by Gasteiger charge is 2.18. The third kappa shape index (κ3) is 4.92. The summed E-state index contributed by atoms with van der Waals surface area (Å²) in [6, 6.07) is 18.6. The number of H-pyrrole nitrogens is 1. The van der Waals surface area contributed by atoms with Gasteiger partial charge < -0.3 is 15.2 Å². The zero-order chi connectivity index (χ0) is 21.8. The first kappa shape index (κ1) is 20.6. The van der Waals surface area contributed by atoms with E-state index in [1.54, 1.807) is 11.0 Å². The number of para-hydroxylation sites is 1. The minimum atomic E-state index is -0.406. The van der Waals surface area contributed by atoms with Crippen LogP contribution in [0.1, 0.15) is 16.0 Å². The zero-order valence-electron chi connectivity index (χ0n) is 17.0. The predicted molar refractivity (Wildman–Crippen MR) is 124 cm³/mol. The summed E-state index contributed by atoms with van der Waals surface area (Å²) in [5, 5.41) is 15.2. The number of aromatic amines is 1. The van der Waals surface area contributed by atoms with Crippen molar-refractivity contribution < 1.29 is 9.72 Å². The van der Waals surface area contributed by atoms with Crippen LogP contribution in [0.2, 0.25) is 0 Å². The molecule has 0 aliphatic rings. The van der Waals surface area contributed by atoms with E-state index in [9.17, 15) is 14.9 Å². The molecule has 2 aromatic carbocycles. The highest BCUT2D eigenvalue weighted by Crippen LogP contribution is 2.26. The van der Waals surface area contributed by atoms with E-state index >= 15 is 0 Å². The topological polar surface area (TPSA) is 91.3 Å². The third-order valence-electron chi connectivity index (χ3n) is 5.09. The zero-order valence-corrected chi connectivity index (χ0v) is 17.8. The second-order valence-corrected chi connectivity index (χ2v) is 8.47. The number of urea groups is 1. The molecule has 0 radical (unpaired) electrons. The number of nitrogens with one attached hydrogen (secondary N) is 2. The van der Waals surface area contributed by atoms with Gasteiger partial charge in [0.05, 0.1) is 11.5 Å². The average molecular weight is 435 g/mol. The van der Waals surface area contributed by atoms with Gasteiger partial charge in [-0.3, -0.25) is 10.1 Å². The van der Waals surface area contributed by atoms with E-state index in [0.29, 0.717) is 25.2 Å². The van der Waals surface area contributed by atoms with Gasteiger partial charge >= 0.3 is 11.0 Å². The minimum absolute atomic E-state index is 0.0746. The van der Waals surface area contributed by atoms with Crippen molar-refractivity contribution in [1.29, 1.82) is 0 Å². The number of nitrogens with zero attached hydrogens (tertiary/aromatic N) is 2. The number of fused-ring (bicyclic) bond motifs is 1. The summed E-state index contributed by atoms with van der Waals surface area (Å²) in [7, 11) is 0. The summed E-state index contributed by atoms with van der Waals surface area (Å²) in [6.07, 6.45) is 2.63. The van der Waals surface area contributed by atoms with Crippen LogP contribution < -0.4 is 5.32 Å². The van der Waals surface area contributed by atoms with E-state index in [1.165, 1.54) is 6.07 Å². The van der Waals surface area contributed by atoms with Crippen molar-refractivity contribution in [2.24, 2.45) is 0 Å². The quantitative estimate of drug-likeness (QED) is 0.288. The van der Waals surface area contributed by atoms with Gasteiger partial charge in [-0.25, -0.2) is 4.79 Å². The lowest BCUT2D eigenvalue weighted by atomic mass is 10.1. The molecule has 0 aliphatic carbocycles. The molecule has 2 heterocycles. The molecule has 2 amide bonds. The minimum Gasteiger partial charge on any atom is -0.361 e. The molecule has 4 aromatic rings. The molecule has 0 unspecified atom stereocenters. The summed E-state index contributed by atoms with van der Waals surface area (Å²) in [6.45, 7) is 2.77. The molecule has 0 fully saturated rings. The van der Waals surface area contributed by atoms with Gasteiger partial charge in [0, 0.05) is 40.3 Å². The summed E-state index contributed by atoms with van der Waals surface area (Å²) < 4.78 is 0. The van der Waals surface area contributed by atoms with Gasteiger partial charge in [0.1, 0.15) is 0 Å². The highest BCUT2D eigenvalue weighted by atomic mass is 32.1. The lowest BCUT2D eigenvalue weighted by molar-refractivity contribution is -0.380. The SMILES string of the molecule is Cc1ccc(NC(=O)N(CCc2c[nH]c3ccccc23)Cc2ccc([N+](=O)[O-])s2)cc1. The van der Waals surface area contributed by atoms with Crippen LogP contribution >= 0.6 is 11.3 Å². The Morgan fingerprint density at radius 3 is 2.65 bits per heavy atom. The lowest BCUT2D eigenvalue weighted by Crippen LogP contribution is -2.35. The summed E-state index contributed by atoms with van der Waals surface area (Å²) in [5.41, 5.74) is 4.01. The fourth-order valence-electron chi connectivity index (χ4n) is 3.42. The molecular weight excluding hydrogens is 412 g/mol. The molecule has 8 heteroatoms. The van der Waals surface area contributed by atoms with Crippen molar-refractivity contribution in [2.75, 3.05) is 11.9 Å². The largest absolute Gasteiger partial charge is 0.361 e. The van der Waals surface area contributed by atoms with Crippen LogP contribution in [-0.2, 0) is 13.0 Å². The highest BCUT2D eigenvalue weighted by molar-refractivity contribution is 7.15. The van der Waals surface area contributed by atoms with Gasteiger partial charge in [-0.1, -0.05) is 47.2 Å². The van der Waals surface area contributed by atoms with Crippen molar-refractivity contribution in [3.63, 3.8) is 0 Å². The average Bonchev–Trinajstić information content (AvgIpc) is 3.40. The molecule has 0 bridgehead atoms. The fraction of sp³-hybridized carbons (Fsp3) is 0.174. The Morgan fingerprint density at radius 1 is 1.13 bits per heavy atom. The molecule has 158 valence electrons. The number of nitro groups is 1. The summed E-state index contributed by atoms with van der Waals surface area (Å²) >= 11 is 1.09. The van der Waals surface area contributed by atoms with Crippen molar-refractivity contribution in [2.45, 2.75) is 19.9 Å². The standard InChI is InChI=1S/C23H22N4O3S/c1-16-6-8-18(9-7-16)25-23(28)26(15-19-10-11-22(31-19)27(29)30)13-12-17-14-24-21-5-3-2-4-20(17)21/h2-11,14,24H,12-13,15H2,1H3,(H,25,28). The molecule has 2 aromatic heterocycles. The van der Waals surface area contributed by atoms with Gasteiger partial charge in [-0.15, -0.1) is 0 Å². The van der Waals surface area contributed by atoms with Gasteiger partial charge in [0.15, 0.2) is 0 Å². The molecule has 0 saturated heterocycles. The molecule has 2 N–H and O–H groups in total. The van der Waals surface area contributed by atoms with Gasteiger partial charge in [-0.2, -0.15) is 0 Å². The number of benzene rings is 2. The van der Waals surface area contributed by atoms with Crippen molar-refractivity contribution in [3.05, 3.63) is 93.0 Å². The van der Waals surface area contributed by atoms with Gasteiger partial charge in [0.2, 0.25) is 0 Å². The van der Waals surface area contributed by atoms with Crippen LogP contribution in [0.15, 0.2) is 66.9 Å². The van der Waals surface area contributed by atoms with Crippen molar-refractivity contribution in [3.8, 4) is 0 Å². The molecule has 0 spiro atoms. The van der Waals surface area contributed by atoms with Crippen molar-refractivity contribution in [1.82, 2.24) is 9.88 Å². The molecule has 0 atom stereocenters. The van der Waals surface area contributed by atoms with E-state index in [2.05, 4.69) is 16.4 Å². The summed E-state index contributed by atoms with van der Waals surface area (Å²) in [4.78, 5) is 29.4. The first-order chi connectivity index (χ1) is 15.0. The number of hydrogen-bond acceptors (Lipinski definition) is 4. The number of aromatic nitrogens is 1. The maximum Gasteiger partial charge on any atom is 0.324 e. The maximum absolute atomic E-state index is 13.0. The smallest absolute Gasteiger partial charge is 0.324 e. The fourth-order valence-corrected chi connectivity index (χ4v) is 4.26. The Bertz CT molecular complexity index is 1210. The third-order valence-corrected chi connectivity index (χ3v) is 6.11. The Hall–Kier alpha value is -3.65. The van der Waals surface area contributed by atoms with Crippen LogP contribution in [0, 0.1) is 17.0 Å². The Morgan fingerprint density at radius 2 is 1.90 bits per heavy atom. The number of thiophene rings is 1. The summed E-state index contributed by atoms with van der Waals surface area (Å²) in [5.74, 6) is 0. The number of aryl methyl sites for hydroxylation is 1. The van der Waals surface area contributed by atoms with Crippen LogP contribution in [0.5, 0.6) is 0 Å². The molecule has 31 heavy (non-hydrogen) atoms. The monoisotopic (exact) mass is 434 g/mol. The van der Waals surface area contributed by atoms with Crippen LogP contribution in [-0.4, -0.2) is 27.4 Å². The molecule has 0 saturated carbocycles. The Labute approximate surface area is 183 Å². The van der Waals surface area contributed by atoms with Crippen LogP contribution in [0.3, 0.4) is 0 Å². The number of carbonyl (C=O) groups excluding carboxylic acids is 1. The molecule has 4 rings (SSSR count). The van der Waals surface area contributed by atoms with E-state index in [-0.39, 0.29) is 11.0 Å². The Kier molecular flexibility index (Phi) is 5.99. The molecule has 0 aliphatic heterocycles. The number of hydrogen-bond donors (Lipinski definition) is 2. The predicted octanol–water partition coefficient (Wildman–Crippen LogP) is 5.72. The number of rotatable bonds is 7. The molecule has 7 nitrogen and oxygen atoms in total.